The van der Waals surface area contributed by atoms with Crippen molar-refractivity contribution in [2.45, 2.75) is 19.4 Å². The van der Waals surface area contributed by atoms with E-state index in [2.05, 4.69) is 16.4 Å². The average Bonchev–Trinajstić information content (AvgIpc) is 2.59. The Balaban J connectivity index is 2.17. The molecule has 1 fully saturated rings. The molecule has 0 spiro atoms. The minimum atomic E-state index is -0.379. The number of carbonyl (C=O) groups is 1. The Hall–Kier alpha value is -2.15. The second-order valence-electron chi connectivity index (χ2n) is 4.27. The molecule has 92 valence electrons. The van der Waals surface area contributed by atoms with E-state index >= 15 is 0 Å². The highest BCUT2D eigenvalue weighted by Gasteiger charge is 2.24. The van der Waals surface area contributed by atoms with Crippen LogP contribution in [0.3, 0.4) is 0 Å². The topological polar surface area (TPSA) is 65.2 Å². The van der Waals surface area contributed by atoms with Crippen LogP contribution in [0.25, 0.3) is 0 Å². The van der Waals surface area contributed by atoms with Gasteiger partial charge in [-0.1, -0.05) is 30.3 Å². The van der Waals surface area contributed by atoms with Gasteiger partial charge in [0.25, 0.3) is 5.91 Å². The van der Waals surface area contributed by atoms with Crippen LogP contribution in [0.5, 0.6) is 0 Å². The molecule has 1 unspecified atom stereocenters. The van der Waals surface area contributed by atoms with Crippen molar-refractivity contribution >= 4 is 11.6 Å². The number of nitriles is 1. The van der Waals surface area contributed by atoms with Crippen LogP contribution < -0.4 is 5.32 Å². The fraction of sp³-hybridized carbons (Fsp3) is 0.357. The standard InChI is InChI=1S/C14H15N3O/c15-9-12-7-4-8-16-14(18)13(12)17-10-11-5-2-1-3-6-11/h1-3,5-6,12H,4,7-8,10H2,(H,16,18). The van der Waals surface area contributed by atoms with Gasteiger partial charge in [-0.05, 0) is 18.4 Å². The lowest BCUT2D eigenvalue weighted by molar-refractivity contribution is -0.114. The Kier molecular flexibility index (Phi) is 4.08. The number of amides is 1. The van der Waals surface area contributed by atoms with Crippen molar-refractivity contribution in [3.05, 3.63) is 35.9 Å². The van der Waals surface area contributed by atoms with E-state index in [1.54, 1.807) is 0 Å². The van der Waals surface area contributed by atoms with E-state index in [-0.39, 0.29) is 11.8 Å². The van der Waals surface area contributed by atoms with E-state index in [9.17, 15) is 4.79 Å². The molecule has 1 aromatic rings. The molecule has 18 heavy (non-hydrogen) atoms. The van der Waals surface area contributed by atoms with Gasteiger partial charge in [-0.3, -0.25) is 9.79 Å². The van der Waals surface area contributed by atoms with Gasteiger partial charge in [0.05, 0.1) is 18.5 Å². The number of nitrogens with zero attached hydrogens (tertiary/aromatic N) is 2. The largest absolute Gasteiger partial charge is 0.351 e. The molecule has 1 atom stereocenters. The zero-order valence-electron chi connectivity index (χ0n) is 10.1. The van der Waals surface area contributed by atoms with Crippen LogP contribution in [0.1, 0.15) is 18.4 Å². The average molecular weight is 241 g/mol. The Morgan fingerprint density at radius 3 is 2.89 bits per heavy atom. The molecule has 0 aliphatic carbocycles. The van der Waals surface area contributed by atoms with Gasteiger partial charge in [0.15, 0.2) is 0 Å². The zero-order valence-corrected chi connectivity index (χ0v) is 10.1. The summed E-state index contributed by atoms with van der Waals surface area (Å²) < 4.78 is 0. The van der Waals surface area contributed by atoms with Gasteiger partial charge >= 0.3 is 0 Å². The van der Waals surface area contributed by atoms with Gasteiger partial charge in [-0.15, -0.1) is 0 Å². The van der Waals surface area contributed by atoms with Gasteiger partial charge in [-0.25, -0.2) is 0 Å². The predicted octanol–water partition coefficient (Wildman–Crippen LogP) is 1.68. The summed E-state index contributed by atoms with van der Waals surface area (Å²) in [6.45, 7) is 1.07. The Morgan fingerprint density at radius 1 is 1.39 bits per heavy atom. The SMILES string of the molecule is N#CC1CCCNC(=O)C1=NCc1ccccc1. The molecule has 1 aromatic carbocycles. The lowest BCUT2D eigenvalue weighted by Crippen LogP contribution is -2.32. The smallest absolute Gasteiger partial charge is 0.266 e. The summed E-state index contributed by atoms with van der Waals surface area (Å²) in [5.74, 6) is -0.578. The van der Waals surface area contributed by atoms with Crippen LogP contribution in [0.15, 0.2) is 35.3 Å². The van der Waals surface area contributed by atoms with Gasteiger partial charge in [0.2, 0.25) is 0 Å². The summed E-state index contributed by atoms with van der Waals surface area (Å²) >= 11 is 0. The van der Waals surface area contributed by atoms with Crippen LogP contribution >= 0.6 is 0 Å². The first-order valence-electron chi connectivity index (χ1n) is 6.07. The first-order valence-corrected chi connectivity index (χ1v) is 6.07. The van der Waals surface area contributed by atoms with E-state index in [0.717, 1.165) is 12.0 Å². The quantitative estimate of drug-likeness (QED) is 0.856. The summed E-state index contributed by atoms with van der Waals surface area (Å²) in [5, 5.41) is 11.9. The third-order valence-corrected chi connectivity index (χ3v) is 2.95. The van der Waals surface area contributed by atoms with Gasteiger partial charge in [0, 0.05) is 6.54 Å². The summed E-state index contributed by atoms with van der Waals surface area (Å²) in [4.78, 5) is 16.1. The second kappa shape index (κ2) is 5.97. The number of hydrogen-bond acceptors (Lipinski definition) is 3. The molecule has 0 bridgehead atoms. The van der Waals surface area contributed by atoms with Crippen molar-refractivity contribution < 1.29 is 4.79 Å². The van der Waals surface area contributed by atoms with Crippen LogP contribution in [0.4, 0.5) is 0 Å². The molecule has 1 heterocycles. The number of aliphatic imine (C=N–C) groups is 1. The van der Waals surface area contributed by atoms with Crippen molar-refractivity contribution in [3.63, 3.8) is 0 Å². The number of hydrogen-bond donors (Lipinski definition) is 1. The molecule has 1 saturated heterocycles. The van der Waals surface area contributed by atoms with Crippen molar-refractivity contribution in [2.24, 2.45) is 10.9 Å². The fourth-order valence-corrected chi connectivity index (χ4v) is 1.96. The van der Waals surface area contributed by atoms with Crippen molar-refractivity contribution in [1.82, 2.24) is 5.32 Å². The van der Waals surface area contributed by atoms with E-state index in [1.807, 2.05) is 30.3 Å². The highest BCUT2D eigenvalue weighted by atomic mass is 16.1. The van der Waals surface area contributed by atoms with E-state index in [4.69, 9.17) is 5.26 Å². The number of nitrogens with one attached hydrogen (secondary N) is 1. The Bertz CT molecular complexity index is 488. The molecule has 1 amide bonds. The van der Waals surface area contributed by atoms with Crippen LogP contribution in [0, 0.1) is 17.2 Å². The molecule has 1 aliphatic rings. The summed E-state index contributed by atoms with van der Waals surface area (Å²) in [6.07, 6.45) is 1.52. The molecule has 0 saturated carbocycles. The number of benzene rings is 1. The minimum absolute atomic E-state index is 0.199. The maximum Gasteiger partial charge on any atom is 0.266 e. The Labute approximate surface area is 106 Å². The highest BCUT2D eigenvalue weighted by Crippen LogP contribution is 2.12. The van der Waals surface area contributed by atoms with Gasteiger partial charge in [0.1, 0.15) is 5.71 Å². The summed E-state index contributed by atoms with van der Waals surface area (Å²) in [6, 6.07) is 11.9. The predicted molar refractivity (Wildman–Crippen MR) is 68.9 cm³/mol. The highest BCUT2D eigenvalue weighted by molar-refractivity contribution is 6.40. The normalized spacial score (nSPS) is 22.1. The first kappa shape index (κ1) is 12.3. The summed E-state index contributed by atoms with van der Waals surface area (Å²) in [7, 11) is 0. The molecule has 0 radical (unpaired) electrons. The Morgan fingerprint density at radius 2 is 2.17 bits per heavy atom. The lowest BCUT2D eigenvalue weighted by atomic mass is 10.00. The minimum Gasteiger partial charge on any atom is -0.351 e. The van der Waals surface area contributed by atoms with Gasteiger partial charge < -0.3 is 5.32 Å². The third-order valence-electron chi connectivity index (χ3n) is 2.95. The van der Waals surface area contributed by atoms with E-state index in [0.29, 0.717) is 25.2 Å². The van der Waals surface area contributed by atoms with Crippen LogP contribution in [-0.4, -0.2) is 18.2 Å². The molecular weight excluding hydrogens is 226 g/mol. The van der Waals surface area contributed by atoms with Crippen LogP contribution in [-0.2, 0) is 11.3 Å². The maximum absolute atomic E-state index is 11.8. The fourth-order valence-electron chi connectivity index (χ4n) is 1.96. The number of carbonyl (C=O) groups excluding carboxylic acids is 1. The molecule has 1 aliphatic heterocycles. The molecule has 4 nitrogen and oxygen atoms in total. The third kappa shape index (κ3) is 2.95. The monoisotopic (exact) mass is 241 g/mol. The molecule has 2 rings (SSSR count). The van der Waals surface area contributed by atoms with E-state index in [1.165, 1.54) is 0 Å². The molecule has 1 N–H and O–H groups in total. The molecule has 4 heteroatoms. The van der Waals surface area contributed by atoms with Crippen molar-refractivity contribution in [3.8, 4) is 6.07 Å². The van der Waals surface area contributed by atoms with E-state index < -0.39 is 0 Å². The summed E-state index contributed by atoms with van der Waals surface area (Å²) in [5.41, 5.74) is 1.41. The second-order valence-corrected chi connectivity index (χ2v) is 4.27. The molecular formula is C14H15N3O. The van der Waals surface area contributed by atoms with Crippen LogP contribution in [0.2, 0.25) is 0 Å². The first-order chi connectivity index (χ1) is 8.81. The zero-order chi connectivity index (χ0) is 12.8. The van der Waals surface area contributed by atoms with Crippen molar-refractivity contribution in [1.29, 1.82) is 5.26 Å². The lowest BCUT2D eigenvalue weighted by Gasteiger charge is -2.07. The number of rotatable bonds is 2. The molecule has 0 aromatic heterocycles. The van der Waals surface area contributed by atoms with Crippen molar-refractivity contribution in [2.75, 3.05) is 6.54 Å². The van der Waals surface area contributed by atoms with Gasteiger partial charge in [-0.2, -0.15) is 5.26 Å². The maximum atomic E-state index is 11.8.